The largest absolute Gasteiger partial charge is 0.383 e. The van der Waals surface area contributed by atoms with Gasteiger partial charge in [0.25, 0.3) is 0 Å². The monoisotopic (exact) mass is 293 g/mol. The smallest absolute Gasteiger partial charge is 0.239 e. The van der Waals surface area contributed by atoms with E-state index in [9.17, 15) is 13.2 Å². The highest BCUT2D eigenvalue weighted by molar-refractivity contribution is 7.89. The van der Waals surface area contributed by atoms with E-state index < -0.39 is 16.1 Å². The van der Waals surface area contributed by atoms with Gasteiger partial charge in [-0.1, -0.05) is 0 Å². The fourth-order valence-corrected chi connectivity index (χ4v) is 3.16. The second-order valence-electron chi connectivity index (χ2n) is 4.64. The lowest BCUT2D eigenvalue weighted by atomic mass is 10.1. The fraction of sp³-hybridized carbons (Fsp3) is 0.909. The number of nitrogens with two attached hydrogens (primary N) is 1. The van der Waals surface area contributed by atoms with Crippen molar-refractivity contribution < 1.29 is 17.9 Å². The van der Waals surface area contributed by atoms with Gasteiger partial charge in [-0.05, 0) is 19.8 Å². The van der Waals surface area contributed by atoms with Gasteiger partial charge in [0.1, 0.15) is 6.04 Å². The van der Waals surface area contributed by atoms with E-state index in [-0.39, 0.29) is 24.3 Å². The van der Waals surface area contributed by atoms with E-state index in [1.54, 1.807) is 6.92 Å². The molecule has 112 valence electrons. The normalized spacial score (nSPS) is 20.2. The summed E-state index contributed by atoms with van der Waals surface area (Å²) in [7, 11) is -1.63. The summed E-state index contributed by atoms with van der Waals surface area (Å²) < 4.78 is 29.7. The highest BCUT2D eigenvalue weighted by Gasteiger charge is 2.28. The van der Waals surface area contributed by atoms with Crippen molar-refractivity contribution in [3.63, 3.8) is 0 Å². The molecule has 8 heteroatoms. The van der Waals surface area contributed by atoms with Crippen LogP contribution in [0.2, 0.25) is 0 Å². The van der Waals surface area contributed by atoms with Crippen LogP contribution in [0.25, 0.3) is 0 Å². The van der Waals surface area contributed by atoms with Gasteiger partial charge in [0.2, 0.25) is 15.9 Å². The first kappa shape index (κ1) is 16.4. The summed E-state index contributed by atoms with van der Waals surface area (Å²) in [4.78, 5) is 11.7. The Morgan fingerprint density at radius 1 is 1.47 bits per heavy atom. The number of hydrogen-bond donors (Lipinski definition) is 2. The third-order valence-electron chi connectivity index (χ3n) is 3.24. The van der Waals surface area contributed by atoms with Crippen molar-refractivity contribution in [2.45, 2.75) is 31.8 Å². The molecule has 3 N–H and O–H groups in total. The molecule has 0 aromatic carbocycles. The van der Waals surface area contributed by atoms with Crippen molar-refractivity contribution in [2.24, 2.45) is 5.73 Å². The van der Waals surface area contributed by atoms with E-state index in [1.807, 2.05) is 0 Å². The SMILES string of the molecule is CCS(=O)(=O)N1CCC(NC(=O)C(N)COC)CC1. The zero-order valence-electron chi connectivity index (χ0n) is 11.5. The molecule has 1 saturated heterocycles. The summed E-state index contributed by atoms with van der Waals surface area (Å²) in [5.74, 6) is -0.137. The third-order valence-corrected chi connectivity index (χ3v) is 5.12. The molecule has 1 aliphatic rings. The van der Waals surface area contributed by atoms with Crippen molar-refractivity contribution in [3.05, 3.63) is 0 Å². The van der Waals surface area contributed by atoms with Crippen LogP contribution in [0.15, 0.2) is 0 Å². The van der Waals surface area contributed by atoms with Crippen LogP contribution in [0.5, 0.6) is 0 Å². The maximum absolute atomic E-state index is 11.7. The van der Waals surface area contributed by atoms with Gasteiger partial charge in [-0.25, -0.2) is 12.7 Å². The molecule has 1 aliphatic heterocycles. The molecule has 0 aromatic heterocycles. The summed E-state index contributed by atoms with van der Waals surface area (Å²) in [6.07, 6.45) is 1.23. The van der Waals surface area contributed by atoms with E-state index in [2.05, 4.69) is 5.32 Å². The molecule has 19 heavy (non-hydrogen) atoms. The lowest BCUT2D eigenvalue weighted by molar-refractivity contribution is -0.124. The van der Waals surface area contributed by atoms with E-state index in [1.165, 1.54) is 11.4 Å². The van der Waals surface area contributed by atoms with Crippen LogP contribution in [0.4, 0.5) is 0 Å². The topological polar surface area (TPSA) is 102 Å². The van der Waals surface area contributed by atoms with Crippen LogP contribution in [-0.4, -0.2) is 63.3 Å². The Morgan fingerprint density at radius 3 is 2.53 bits per heavy atom. The summed E-state index contributed by atoms with van der Waals surface area (Å²) >= 11 is 0. The first-order valence-electron chi connectivity index (χ1n) is 6.43. The molecule has 1 heterocycles. The number of nitrogens with zero attached hydrogens (tertiary/aromatic N) is 1. The first-order valence-corrected chi connectivity index (χ1v) is 8.04. The molecule has 1 unspecified atom stereocenters. The van der Waals surface area contributed by atoms with Crippen molar-refractivity contribution in [1.82, 2.24) is 9.62 Å². The molecular formula is C11H23N3O4S. The van der Waals surface area contributed by atoms with Crippen molar-refractivity contribution in [2.75, 3.05) is 32.6 Å². The standard InChI is InChI=1S/C11H23N3O4S/c1-3-19(16,17)14-6-4-9(5-7-14)13-11(15)10(12)8-18-2/h9-10H,3-8,12H2,1-2H3,(H,13,15). The molecule has 0 bridgehead atoms. The molecule has 1 rings (SSSR count). The Hall–Kier alpha value is -0.700. The maximum atomic E-state index is 11.7. The average Bonchev–Trinajstić information content (AvgIpc) is 2.39. The molecule has 0 saturated carbocycles. The van der Waals surface area contributed by atoms with Gasteiger partial charge in [-0.3, -0.25) is 4.79 Å². The van der Waals surface area contributed by atoms with Gasteiger partial charge in [-0.2, -0.15) is 0 Å². The van der Waals surface area contributed by atoms with Gasteiger partial charge in [-0.15, -0.1) is 0 Å². The van der Waals surface area contributed by atoms with Crippen LogP contribution in [0, 0.1) is 0 Å². The van der Waals surface area contributed by atoms with Gasteiger partial charge >= 0.3 is 0 Å². The first-order chi connectivity index (χ1) is 8.90. The van der Waals surface area contributed by atoms with Crippen LogP contribution in [-0.2, 0) is 19.6 Å². The number of nitrogens with one attached hydrogen (secondary N) is 1. The van der Waals surface area contributed by atoms with Crippen molar-refractivity contribution in [3.8, 4) is 0 Å². The Kier molecular flexibility index (Phi) is 6.18. The van der Waals surface area contributed by atoms with Crippen molar-refractivity contribution in [1.29, 1.82) is 0 Å². The lowest BCUT2D eigenvalue weighted by Crippen LogP contribution is -2.51. The summed E-state index contributed by atoms with van der Waals surface area (Å²) in [5, 5.41) is 2.83. The number of rotatable bonds is 6. The van der Waals surface area contributed by atoms with Crippen LogP contribution >= 0.6 is 0 Å². The number of carbonyl (C=O) groups is 1. The minimum Gasteiger partial charge on any atom is -0.383 e. The maximum Gasteiger partial charge on any atom is 0.239 e. The molecule has 1 atom stereocenters. The second-order valence-corrected chi connectivity index (χ2v) is 6.90. The number of carbonyl (C=O) groups excluding carboxylic acids is 1. The predicted octanol–water partition coefficient (Wildman–Crippen LogP) is -1.11. The summed E-state index contributed by atoms with van der Waals surface area (Å²) in [6.45, 7) is 2.70. The predicted molar refractivity (Wildman–Crippen MR) is 72.0 cm³/mol. The molecule has 0 aliphatic carbocycles. The van der Waals surface area contributed by atoms with Gasteiger partial charge in [0.05, 0.1) is 12.4 Å². The zero-order valence-corrected chi connectivity index (χ0v) is 12.3. The Labute approximate surface area is 114 Å². The summed E-state index contributed by atoms with van der Waals surface area (Å²) in [6, 6.07) is -0.693. The van der Waals surface area contributed by atoms with Gasteiger partial charge in [0.15, 0.2) is 0 Å². The highest BCUT2D eigenvalue weighted by Crippen LogP contribution is 2.14. The number of piperidine rings is 1. The Bertz CT molecular complexity index is 391. The van der Waals surface area contributed by atoms with E-state index in [0.29, 0.717) is 25.9 Å². The molecule has 1 amide bonds. The quantitative estimate of drug-likeness (QED) is 0.646. The van der Waals surface area contributed by atoms with E-state index in [4.69, 9.17) is 10.5 Å². The van der Waals surface area contributed by atoms with E-state index >= 15 is 0 Å². The third kappa shape index (κ3) is 4.72. The number of amides is 1. The van der Waals surface area contributed by atoms with Gasteiger partial charge in [0, 0.05) is 26.2 Å². The number of sulfonamides is 1. The minimum atomic E-state index is -3.12. The number of ether oxygens (including phenoxy) is 1. The zero-order chi connectivity index (χ0) is 14.5. The average molecular weight is 293 g/mol. The molecule has 0 spiro atoms. The number of methoxy groups -OCH3 is 1. The Morgan fingerprint density at radius 2 is 2.05 bits per heavy atom. The molecule has 0 aromatic rings. The van der Waals surface area contributed by atoms with Crippen LogP contribution < -0.4 is 11.1 Å². The van der Waals surface area contributed by atoms with E-state index in [0.717, 1.165) is 0 Å². The van der Waals surface area contributed by atoms with Crippen LogP contribution in [0.3, 0.4) is 0 Å². The highest BCUT2D eigenvalue weighted by atomic mass is 32.2. The van der Waals surface area contributed by atoms with Crippen molar-refractivity contribution >= 4 is 15.9 Å². The molecular weight excluding hydrogens is 270 g/mol. The lowest BCUT2D eigenvalue weighted by Gasteiger charge is -2.31. The fourth-order valence-electron chi connectivity index (χ4n) is 2.02. The van der Waals surface area contributed by atoms with Gasteiger partial charge < -0.3 is 15.8 Å². The second kappa shape index (κ2) is 7.18. The summed E-state index contributed by atoms with van der Waals surface area (Å²) in [5.41, 5.74) is 5.62. The minimum absolute atomic E-state index is 0.0151. The molecule has 7 nitrogen and oxygen atoms in total. The molecule has 1 fully saturated rings. The molecule has 0 radical (unpaired) electrons. The van der Waals surface area contributed by atoms with Crippen LogP contribution in [0.1, 0.15) is 19.8 Å². The Balaban J connectivity index is 2.41. The number of hydrogen-bond acceptors (Lipinski definition) is 5.